The van der Waals surface area contributed by atoms with Gasteiger partial charge >= 0.3 is 0 Å². The van der Waals surface area contributed by atoms with Crippen LogP contribution in [0.2, 0.25) is 0 Å². The molecule has 0 atom stereocenters. The van der Waals surface area contributed by atoms with Crippen molar-refractivity contribution in [1.82, 2.24) is 0 Å². The fourth-order valence-electron chi connectivity index (χ4n) is 5.45. The van der Waals surface area contributed by atoms with Gasteiger partial charge in [-0.1, -0.05) is 25.9 Å². The van der Waals surface area contributed by atoms with E-state index in [0.717, 1.165) is 23.5 Å². The zero-order chi connectivity index (χ0) is 12.3. The second-order valence-electron chi connectivity index (χ2n) is 7.90. The normalized spacial score (nSPS) is 45.4. The van der Waals surface area contributed by atoms with Gasteiger partial charge in [0.2, 0.25) is 0 Å². The average molecular weight is 235 g/mol. The highest BCUT2D eigenvalue weighted by molar-refractivity contribution is 5.94. The molecule has 0 heterocycles. The Hall–Kier alpha value is -0.530. The Labute approximate surface area is 104 Å². The average Bonchev–Trinajstić information content (AvgIpc) is 2.12. The molecule has 2 nitrogen and oxygen atoms in total. The maximum Gasteiger partial charge on any atom is 0.0685 e. The van der Waals surface area contributed by atoms with E-state index in [2.05, 4.69) is 25.9 Å². The Morgan fingerprint density at radius 2 is 1.41 bits per heavy atom. The first kappa shape index (κ1) is 11.6. The lowest BCUT2D eigenvalue weighted by Crippen LogP contribution is -2.52. The fraction of sp³-hybridized carbons (Fsp3) is 0.933. The summed E-state index contributed by atoms with van der Waals surface area (Å²) in [6, 6.07) is 0. The third-order valence-corrected chi connectivity index (χ3v) is 5.35. The summed E-state index contributed by atoms with van der Waals surface area (Å²) in [5.74, 6) is 2.75. The maximum atomic E-state index is 9.51. The van der Waals surface area contributed by atoms with Gasteiger partial charge in [-0.2, -0.15) is 0 Å². The van der Waals surface area contributed by atoms with Crippen LogP contribution in [0.5, 0.6) is 0 Å². The predicted molar refractivity (Wildman–Crippen MR) is 69.3 cm³/mol. The first-order chi connectivity index (χ1) is 7.93. The van der Waals surface area contributed by atoms with E-state index in [4.69, 9.17) is 0 Å². The minimum atomic E-state index is 0.0143. The Bertz CT molecular complexity index is 315. The van der Waals surface area contributed by atoms with Crippen LogP contribution in [0.4, 0.5) is 0 Å². The van der Waals surface area contributed by atoms with Gasteiger partial charge in [-0.3, -0.25) is 0 Å². The standard InChI is InChI=1S/C15H25NO/c1-14(2,3)13(16-17)15-7-10-4-11(8-15)6-12(5-10)9-15/h10-12,17H,4-9H2,1-3H3/b16-13-. The highest BCUT2D eigenvalue weighted by Gasteiger charge is 2.55. The van der Waals surface area contributed by atoms with Gasteiger partial charge in [-0.25, -0.2) is 0 Å². The SMILES string of the molecule is CC(C)(C)/C(=N/O)C12CC3CC(CC(C3)C1)C2. The molecule has 0 amide bonds. The molecule has 4 saturated carbocycles. The molecule has 17 heavy (non-hydrogen) atoms. The molecule has 4 aliphatic carbocycles. The van der Waals surface area contributed by atoms with Crippen LogP contribution in [-0.2, 0) is 0 Å². The molecule has 96 valence electrons. The first-order valence-electron chi connectivity index (χ1n) is 7.16. The molecule has 4 rings (SSSR count). The fourth-order valence-corrected chi connectivity index (χ4v) is 5.45. The summed E-state index contributed by atoms with van der Waals surface area (Å²) in [4.78, 5) is 0. The van der Waals surface area contributed by atoms with E-state index in [9.17, 15) is 5.21 Å². The van der Waals surface area contributed by atoms with Crippen LogP contribution >= 0.6 is 0 Å². The molecule has 1 N–H and O–H groups in total. The van der Waals surface area contributed by atoms with Gasteiger partial charge in [0.1, 0.15) is 0 Å². The number of hydrogen-bond donors (Lipinski definition) is 1. The highest BCUT2D eigenvalue weighted by Crippen LogP contribution is 2.61. The highest BCUT2D eigenvalue weighted by atomic mass is 16.4. The van der Waals surface area contributed by atoms with Crippen LogP contribution < -0.4 is 0 Å². The number of rotatable bonds is 1. The molecule has 0 unspecified atom stereocenters. The second-order valence-corrected chi connectivity index (χ2v) is 7.90. The lowest BCUT2D eigenvalue weighted by Gasteiger charge is -2.58. The van der Waals surface area contributed by atoms with Crippen LogP contribution in [-0.4, -0.2) is 10.9 Å². The van der Waals surface area contributed by atoms with Crippen LogP contribution in [0.15, 0.2) is 5.16 Å². The van der Waals surface area contributed by atoms with Gasteiger partial charge in [-0.05, 0) is 56.3 Å². The summed E-state index contributed by atoms with van der Waals surface area (Å²) < 4.78 is 0. The van der Waals surface area contributed by atoms with Crippen molar-refractivity contribution < 1.29 is 5.21 Å². The molecule has 2 heteroatoms. The van der Waals surface area contributed by atoms with Crippen molar-refractivity contribution >= 4 is 5.71 Å². The summed E-state index contributed by atoms with van der Waals surface area (Å²) in [7, 11) is 0. The van der Waals surface area contributed by atoms with Crippen LogP contribution in [0.3, 0.4) is 0 Å². The van der Waals surface area contributed by atoms with E-state index < -0.39 is 0 Å². The molecule has 4 aliphatic rings. The molecular weight excluding hydrogens is 210 g/mol. The van der Waals surface area contributed by atoms with Crippen LogP contribution in [0, 0.1) is 28.6 Å². The zero-order valence-electron chi connectivity index (χ0n) is 11.4. The minimum absolute atomic E-state index is 0.0143. The minimum Gasteiger partial charge on any atom is -0.411 e. The Balaban J connectivity index is 1.96. The lowest BCUT2D eigenvalue weighted by atomic mass is 9.46. The molecule has 0 aromatic carbocycles. The van der Waals surface area contributed by atoms with E-state index in [1.807, 2.05) is 0 Å². The maximum absolute atomic E-state index is 9.51. The van der Waals surface area contributed by atoms with E-state index >= 15 is 0 Å². The third kappa shape index (κ3) is 1.71. The van der Waals surface area contributed by atoms with Gasteiger partial charge in [0.15, 0.2) is 0 Å². The summed E-state index contributed by atoms with van der Waals surface area (Å²) in [6.07, 6.45) is 8.20. The molecule has 0 saturated heterocycles. The molecule has 0 spiro atoms. The lowest BCUT2D eigenvalue weighted by molar-refractivity contribution is -0.0178. The van der Waals surface area contributed by atoms with Gasteiger partial charge < -0.3 is 5.21 Å². The molecule has 0 radical (unpaired) electrons. The number of nitrogens with zero attached hydrogens (tertiary/aromatic N) is 1. The summed E-state index contributed by atoms with van der Waals surface area (Å²) in [5, 5.41) is 13.3. The zero-order valence-corrected chi connectivity index (χ0v) is 11.4. The van der Waals surface area contributed by atoms with Gasteiger partial charge in [0, 0.05) is 10.8 Å². The Morgan fingerprint density at radius 1 is 1.00 bits per heavy atom. The topological polar surface area (TPSA) is 32.6 Å². The van der Waals surface area contributed by atoms with E-state index in [1.165, 1.54) is 38.5 Å². The largest absolute Gasteiger partial charge is 0.411 e. The summed E-state index contributed by atoms with van der Waals surface area (Å²) in [5.41, 5.74) is 1.35. The van der Waals surface area contributed by atoms with E-state index in [-0.39, 0.29) is 10.8 Å². The Morgan fingerprint density at radius 3 is 1.71 bits per heavy atom. The third-order valence-electron chi connectivity index (χ3n) is 5.35. The summed E-state index contributed by atoms with van der Waals surface area (Å²) >= 11 is 0. The van der Waals surface area contributed by atoms with Crippen LogP contribution in [0.25, 0.3) is 0 Å². The molecular formula is C15H25NO. The molecule has 4 bridgehead atoms. The number of hydrogen-bond acceptors (Lipinski definition) is 2. The monoisotopic (exact) mass is 235 g/mol. The Kier molecular flexibility index (Phi) is 2.37. The smallest absolute Gasteiger partial charge is 0.0685 e. The second kappa shape index (κ2) is 3.49. The van der Waals surface area contributed by atoms with E-state index in [0.29, 0.717) is 0 Å². The van der Waals surface area contributed by atoms with Crippen molar-refractivity contribution in [3.8, 4) is 0 Å². The molecule has 0 aromatic heterocycles. The predicted octanol–water partition coefficient (Wildman–Crippen LogP) is 4.08. The molecule has 0 aliphatic heterocycles. The van der Waals surface area contributed by atoms with Crippen molar-refractivity contribution in [2.24, 2.45) is 33.7 Å². The van der Waals surface area contributed by atoms with Gasteiger partial charge in [-0.15, -0.1) is 0 Å². The van der Waals surface area contributed by atoms with Gasteiger partial charge in [0.05, 0.1) is 5.71 Å². The van der Waals surface area contributed by atoms with Crippen molar-refractivity contribution in [3.05, 3.63) is 0 Å². The van der Waals surface area contributed by atoms with Crippen molar-refractivity contribution in [2.45, 2.75) is 59.3 Å². The van der Waals surface area contributed by atoms with Crippen LogP contribution in [0.1, 0.15) is 59.3 Å². The first-order valence-corrected chi connectivity index (χ1v) is 7.16. The van der Waals surface area contributed by atoms with Crippen molar-refractivity contribution in [2.75, 3.05) is 0 Å². The number of oxime groups is 1. The molecule has 4 fully saturated rings. The van der Waals surface area contributed by atoms with Gasteiger partial charge in [0.25, 0.3) is 0 Å². The van der Waals surface area contributed by atoms with Crippen molar-refractivity contribution in [1.29, 1.82) is 0 Å². The van der Waals surface area contributed by atoms with Crippen molar-refractivity contribution in [3.63, 3.8) is 0 Å². The quantitative estimate of drug-likeness (QED) is 0.414. The molecule has 0 aromatic rings. The van der Waals surface area contributed by atoms with E-state index in [1.54, 1.807) is 0 Å². The summed E-state index contributed by atoms with van der Waals surface area (Å²) in [6.45, 7) is 6.59.